The van der Waals surface area contributed by atoms with Gasteiger partial charge in [-0.3, -0.25) is 14.5 Å². The molecule has 0 saturated carbocycles. The predicted octanol–water partition coefficient (Wildman–Crippen LogP) is 2.56. The summed E-state index contributed by atoms with van der Waals surface area (Å²) < 4.78 is 0.801. The summed E-state index contributed by atoms with van der Waals surface area (Å²) in [5.41, 5.74) is 0. The van der Waals surface area contributed by atoms with E-state index in [2.05, 4.69) is 9.97 Å². The lowest BCUT2D eigenvalue weighted by Crippen LogP contribution is -2.27. The van der Waals surface area contributed by atoms with E-state index >= 15 is 0 Å². The number of imide groups is 1. The lowest BCUT2D eigenvalue weighted by molar-refractivity contribution is -0.122. The molecule has 0 aromatic carbocycles. The Morgan fingerprint density at radius 2 is 1.72 bits per heavy atom. The van der Waals surface area contributed by atoms with E-state index in [0.29, 0.717) is 11.4 Å². The summed E-state index contributed by atoms with van der Waals surface area (Å²) in [6, 6.07) is 0. The van der Waals surface area contributed by atoms with E-state index in [9.17, 15) is 9.59 Å². The number of likely N-dealkylation sites (N-methyl/N-ethyl adjacent to an activating group) is 1. The van der Waals surface area contributed by atoms with E-state index in [-0.39, 0.29) is 11.1 Å². The molecule has 0 spiro atoms. The van der Waals surface area contributed by atoms with E-state index in [0.717, 1.165) is 26.1 Å². The van der Waals surface area contributed by atoms with Gasteiger partial charge in [-0.25, -0.2) is 9.97 Å². The molecule has 0 atom stereocenters. The standard InChI is InChI=1S/C10H7N3O2S3/c1-2-13-8(14)5(16-10(13)15)9-17-6-7(18-9)12-4-3-11-6/h3-4H,2H2,1H3. The van der Waals surface area contributed by atoms with Crippen LogP contribution in [0.1, 0.15) is 6.92 Å². The minimum Gasteiger partial charge on any atom is -0.269 e. The van der Waals surface area contributed by atoms with Gasteiger partial charge in [-0.1, -0.05) is 23.5 Å². The lowest BCUT2D eigenvalue weighted by atomic mass is 10.5. The zero-order chi connectivity index (χ0) is 12.7. The lowest BCUT2D eigenvalue weighted by Gasteiger charge is -2.07. The van der Waals surface area contributed by atoms with Gasteiger partial charge in [0.15, 0.2) is 0 Å². The zero-order valence-corrected chi connectivity index (χ0v) is 11.7. The van der Waals surface area contributed by atoms with Gasteiger partial charge in [-0.2, -0.15) is 0 Å². The maximum Gasteiger partial charge on any atom is 0.293 e. The van der Waals surface area contributed by atoms with Crippen LogP contribution in [0.2, 0.25) is 0 Å². The smallest absolute Gasteiger partial charge is 0.269 e. The van der Waals surface area contributed by atoms with Crippen LogP contribution in [0, 0.1) is 0 Å². The van der Waals surface area contributed by atoms with Crippen molar-refractivity contribution in [3.63, 3.8) is 0 Å². The van der Waals surface area contributed by atoms with E-state index in [4.69, 9.17) is 0 Å². The predicted molar refractivity (Wildman–Crippen MR) is 71.1 cm³/mol. The third-order valence-electron chi connectivity index (χ3n) is 2.36. The Morgan fingerprint density at radius 3 is 2.22 bits per heavy atom. The summed E-state index contributed by atoms with van der Waals surface area (Å²) >= 11 is 3.79. The Hall–Kier alpha value is -0.990. The largest absolute Gasteiger partial charge is 0.293 e. The molecule has 0 bridgehead atoms. The van der Waals surface area contributed by atoms with Gasteiger partial charge in [-0.05, 0) is 18.7 Å². The maximum absolute atomic E-state index is 12.0. The molecule has 1 aromatic rings. The third kappa shape index (κ3) is 1.84. The number of nitrogens with zero attached hydrogens (tertiary/aromatic N) is 3. The summed E-state index contributed by atoms with van der Waals surface area (Å²) in [5, 5.41) is 1.38. The molecular formula is C10H7N3O2S3. The van der Waals surface area contributed by atoms with Gasteiger partial charge >= 0.3 is 0 Å². The number of aromatic nitrogens is 2. The van der Waals surface area contributed by atoms with Gasteiger partial charge < -0.3 is 0 Å². The molecule has 2 aliphatic heterocycles. The minimum absolute atomic E-state index is 0.205. The fourth-order valence-electron chi connectivity index (χ4n) is 1.53. The van der Waals surface area contributed by atoms with Gasteiger partial charge in [-0.15, -0.1) is 0 Å². The molecule has 2 amide bonds. The van der Waals surface area contributed by atoms with Crippen molar-refractivity contribution in [2.45, 2.75) is 17.0 Å². The summed E-state index contributed by atoms with van der Waals surface area (Å²) in [5.74, 6) is -0.213. The number of fused-ring (bicyclic) bond motifs is 1. The van der Waals surface area contributed by atoms with Crippen LogP contribution in [-0.2, 0) is 4.79 Å². The van der Waals surface area contributed by atoms with Crippen LogP contribution in [0.3, 0.4) is 0 Å². The second-order valence-corrected chi connectivity index (χ2v) is 6.62. The summed E-state index contributed by atoms with van der Waals surface area (Å²) in [6.45, 7) is 2.19. The monoisotopic (exact) mass is 297 g/mol. The Morgan fingerprint density at radius 1 is 1.11 bits per heavy atom. The van der Waals surface area contributed by atoms with E-state index in [1.54, 1.807) is 19.3 Å². The molecule has 1 saturated heterocycles. The van der Waals surface area contributed by atoms with Gasteiger partial charge in [0.05, 0.1) is 4.24 Å². The van der Waals surface area contributed by atoms with Gasteiger partial charge in [0.2, 0.25) is 0 Å². The molecule has 0 aliphatic carbocycles. The van der Waals surface area contributed by atoms with Gasteiger partial charge in [0, 0.05) is 18.9 Å². The Balaban J connectivity index is 1.96. The average molecular weight is 297 g/mol. The minimum atomic E-state index is -0.213. The molecule has 0 N–H and O–H groups in total. The Bertz CT molecular complexity index is 560. The van der Waals surface area contributed by atoms with Crippen LogP contribution in [0.4, 0.5) is 4.79 Å². The van der Waals surface area contributed by atoms with Crippen molar-refractivity contribution in [1.29, 1.82) is 0 Å². The van der Waals surface area contributed by atoms with Crippen molar-refractivity contribution < 1.29 is 9.59 Å². The number of carbonyl (C=O) groups is 2. The highest BCUT2D eigenvalue weighted by Gasteiger charge is 2.38. The number of carbonyl (C=O) groups excluding carboxylic acids is 2. The molecule has 0 unspecified atom stereocenters. The summed E-state index contributed by atoms with van der Waals surface area (Å²) in [4.78, 5) is 33.8. The van der Waals surface area contributed by atoms with Gasteiger partial charge in [0.25, 0.3) is 11.1 Å². The van der Waals surface area contributed by atoms with Crippen molar-refractivity contribution >= 4 is 46.4 Å². The fourth-order valence-corrected chi connectivity index (χ4v) is 4.92. The molecule has 5 nitrogen and oxygen atoms in total. The molecule has 18 heavy (non-hydrogen) atoms. The average Bonchev–Trinajstić information content (AvgIpc) is 2.90. The second kappa shape index (κ2) is 4.60. The van der Waals surface area contributed by atoms with E-state index in [1.165, 1.54) is 28.4 Å². The van der Waals surface area contributed by atoms with Gasteiger partial charge in [0.1, 0.15) is 15.0 Å². The first-order chi connectivity index (χ1) is 8.70. The van der Waals surface area contributed by atoms with Crippen molar-refractivity contribution in [3.8, 4) is 0 Å². The van der Waals surface area contributed by atoms with Crippen molar-refractivity contribution in [3.05, 3.63) is 21.5 Å². The van der Waals surface area contributed by atoms with E-state index < -0.39 is 0 Å². The topological polar surface area (TPSA) is 63.2 Å². The molecule has 1 fully saturated rings. The number of hydrogen-bond acceptors (Lipinski definition) is 7. The van der Waals surface area contributed by atoms with Crippen molar-refractivity contribution in [1.82, 2.24) is 14.9 Å². The maximum atomic E-state index is 12.0. The van der Waals surface area contributed by atoms with Crippen LogP contribution >= 0.6 is 35.3 Å². The first-order valence-electron chi connectivity index (χ1n) is 5.15. The van der Waals surface area contributed by atoms with Crippen molar-refractivity contribution in [2.24, 2.45) is 0 Å². The molecule has 3 heterocycles. The normalized spacial score (nSPS) is 18.8. The highest BCUT2D eigenvalue weighted by Crippen LogP contribution is 2.53. The fraction of sp³-hybridized carbons (Fsp3) is 0.200. The van der Waals surface area contributed by atoms with Crippen LogP contribution in [0.25, 0.3) is 0 Å². The highest BCUT2D eigenvalue weighted by atomic mass is 32.2. The SMILES string of the molecule is CCN1C(=O)SC(=C2Sc3nccnc3S2)C1=O. The Kier molecular flexibility index (Phi) is 3.08. The molecule has 0 radical (unpaired) electrons. The van der Waals surface area contributed by atoms with Crippen LogP contribution < -0.4 is 0 Å². The van der Waals surface area contributed by atoms with Crippen molar-refractivity contribution in [2.75, 3.05) is 6.54 Å². The molecule has 1 aromatic heterocycles. The summed E-state index contributed by atoms with van der Waals surface area (Å²) in [6.07, 6.45) is 3.24. The highest BCUT2D eigenvalue weighted by molar-refractivity contribution is 8.27. The number of hydrogen-bond donors (Lipinski definition) is 0. The Labute approximate surface area is 116 Å². The molecular weight excluding hydrogens is 290 g/mol. The first kappa shape index (κ1) is 12.1. The second-order valence-electron chi connectivity index (χ2n) is 3.40. The van der Waals surface area contributed by atoms with Crippen LogP contribution in [0.5, 0.6) is 0 Å². The molecule has 3 rings (SSSR count). The summed E-state index contributed by atoms with van der Waals surface area (Å²) in [7, 11) is 0. The van der Waals surface area contributed by atoms with Crippen LogP contribution in [-0.4, -0.2) is 32.6 Å². The van der Waals surface area contributed by atoms with Crippen LogP contribution in [0.15, 0.2) is 31.6 Å². The van der Waals surface area contributed by atoms with E-state index in [1.807, 2.05) is 0 Å². The molecule has 92 valence electrons. The zero-order valence-electron chi connectivity index (χ0n) is 9.24. The number of thioether (sulfide) groups is 3. The first-order valence-corrected chi connectivity index (χ1v) is 7.60. The number of amides is 2. The molecule has 8 heteroatoms. The number of rotatable bonds is 1. The quantitative estimate of drug-likeness (QED) is 0.738. The molecule has 2 aliphatic rings. The third-order valence-corrected chi connectivity index (χ3v) is 5.99.